The van der Waals surface area contributed by atoms with Gasteiger partial charge in [-0.05, 0) is 18.9 Å². The van der Waals surface area contributed by atoms with Crippen LogP contribution in [0.1, 0.15) is 12.8 Å². The minimum absolute atomic E-state index is 0.0316. The second-order valence-corrected chi connectivity index (χ2v) is 8.96. The maximum absolute atomic E-state index is 12.1. The number of halogens is 1. The van der Waals surface area contributed by atoms with Gasteiger partial charge in [0.25, 0.3) is 0 Å². The van der Waals surface area contributed by atoms with Gasteiger partial charge < -0.3 is 5.73 Å². The second kappa shape index (κ2) is 5.47. The molecular weight excluding hydrogens is 326 g/mol. The van der Waals surface area contributed by atoms with E-state index in [9.17, 15) is 16.8 Å². The molecule has 2 rings (SSSR count). The summed E-state index contributed by atoms with van der Waals surface area (Å²) in [5.74, 6) is -0.0612. The molecule has 7 nitrogen and oxygen atoms in total. The molecule has 0 bridgehead atoms. The lowest BCUT2D eigenvalue weighted by Crippen LogP contribution is -2.43. The second-order valence-electron chi connectivity index (χ2n) is 4.61. The normalized spacial score (nSPS) is 22.6. The van der Waals surface area contributed by atoms with Crippen molar-refractivity contribution in [1.29, 1.82) is 0 Å². The van der Waals surface area contributed by atoms with Crippen LogP contribution in [0, 0.1) is 0 Å². The molecule has 112 valence electrons. The van der Waals surface area contributed by atoms with Gasteiger partial charge in [0.15, 0.2) is 9.84 Å². The van der Waals surface area contributed by atoms with Crippen LogP contribution in [-0.4, -0.2) is 39.4 Å². The molecule has 1 saturated heterocycles. The predicted molar refractivity (Wildman–Crippen MR) is 75.7 cm³/mol. The number of nitrogen functional groups attached to an aromatic ring is 1. The molecule has 0 radical (unpaired) electrons. The summed E-state index contributed by atoms with van der Waals surface area (Å²) in [4.78, 5) is 3.54. The number of rotatable bonds is 3. The van der Waals surface area contributed by atoms with Crippen molar-refractivity contribution in [2.24, 2.45) is 0 Å². The molecule has 1 aromatic rings. The van der Waals surface area contributed by atoms with Crippen molar-refractivity contribution in [2.45, 2.75) is 23.8 Å². The Morgan fingerprint density at radius 1 is 1.45 bits per heavy atom. The topological polar surface area (TPSA) is 119 Å². The molecule has 0 amide bonds. The highest BCUT2D eigenvalue weighted by Crippen LogP contribution is 2.21. The fourth-order valence-electron chi connectivity index (χ4n) is 1.98. The summed E-state index contributed by atoms with van der Waals surface area (Å²) in [5.41, 5.74) is 5.41. The molecule has 1 atom stereocenters. The van der Waals surface area contributed by atoms with Gasteiger partial charge in [0.1, 0.15) is 10.7 Å². The van der Waals surface area contributed by atoms with Gasteiger partial charge in [-0.2, -0.15) is 0 Å². The molecule has 1 aliphatic rings. The van der Waals surface area contributed by atoms with Crippen molar-refractivity contribution in [2.75, 3.05) is 17.2 Å². The molecule has 0 spiro atoms. The number of hydrogen-bond acceptors (Lipinski definition) is 6. The Labute approximate surface area is 122 Å². The number of sulfone groups is 1. The fraction of sp³-hybridized carbons (Fsp3) is 0.500. The van der Waals surface area contributed by atoms with E-state index in [0.29, 0.717) is 12.8 Å². The zero-order chi connectivity index (χ0) is 15.0. The van der Waals surface area contributed by atoms with E-state index in [-0.39, 0.29) is 27.2 Å². The van der Waals surface area contributed by atoms with E-state index in [1.54, 1.807) is 0 Å². The molecule has 2 heterocycles. The Balaban J connectivity index is 2.21. The van der Waals surface area contributed by atoms with Gasteiger partial charge in [0.05, 0.1) is 16.5 Å². The van der Waals surface area contributed by atoms with Gasteiger partial charge in [-0.15, -0.1) is 0 Å². The SMILES string of the molecule is Nc1ncc(S(=O)(=O)NC2CCCS(=O)(=O)C2)cc1Cl. The lowest BCUT2D eigenvalue weighted by molar-refractivity contribution is 0.517. The molecule has 0 aliphatic carbocycles. The number of nitrogens with zero attached hydrogens (tertiary/aromatic N) is 1. The molecule has 1 fully saturated rings. The summed E-state index contributed by atoms with van der Waals surface area (Å²) in [6, 6.07) is 0.555. The number of nitrogens with two attached hydrogens (primary N) is 1. The van der Waals surface area contributed by atoms with Crippen LogP contribution in [0.15, 0.2) is 17.2 Å². The summed E-state index contributed by atoms with van der Waals surface area (Å²) in [7, 11) is -7.06. The first kappa shape index (κ1) is 15.5. The van der Waals surface area contributed by atoms with Crippen molar-refractivity contribution < 1.29 is 16.8 Å². The molecule has 0 aromatic carbocycles. The maximum atomic E-state index is 12.1. The first-order valence-corrected chi connectivity index (χ1v) is 9.52. The van der Waals surface area contributed by atoms with Crippen LogP contribution in [0.3, 0.4) is 0 Å². The number of pyridine rings is 1. The maximum Gasteiger partial charge on any atom is 0.242 e. The first-order chi connectivity index (χ1) is 9.20. The Bertz CT molecular complexity index is 718. The first-order valence-electron chi connectivity index (χ1n) is 5.83. The third-order valence-corrected chi connectivity index (χ3v) is 6.55. The Morgan fingerprint density at radius 3 is 2.75 bits per heavy atom. The number of aromatic nitrogens is 1. The Kier molecular flexibility index (Phi) is 4.24. The highest BCUT2D eigenvalue weighted by molar-refractivity contribution is 7.91. The van der Waals surface area contributed by atoms with Gasteiger partial charge >= 0.3 is 0 Å². The van der Waals surface area contributed by atoms with Crippen LogP contribution in [-0.2, 0) is 19.9 Å². The average molecular weight is 340 g/mol. The summed E-state index contributed by atoms with van der Waals surface area (Å²) in [6.07, 6.45) is 2.01. The van der Waals surface area contributed by atoms with Crippen LogP contribution in [0.4, 0.5) is 5.82 Å². The molecule has 1 aromatic heterocycles. The van der Waals surface area contributed by atoms with Crippen molar-refractivity contribution in [3.8, 4) is 0 Å². The lowest BCUT2D eigenvalue weighted by atomic mass is 10.2. The Hall–Kier alpha value is -0.900. The largest absolute Gasteiger partial charge is 0.382 e. The number of anilines is 1. The quantitative estimate of drug-likeness (QED) is 0.810. The highest BCUT2D eigenvalue weighted by Gasteiger charge is 2.29. The molecule has 3 N–H and O–H groups in total. The van der Waals surface area contributed by atoms with E-state index in [4.69, 9.17) is 17.3 Å². The minimum atomic E-state index is -3.87. The van der Waals surface area contributed by atoms with Gasteiger partial charge in [-0.25, -0.2) is 26.5 Å². The standard InChI is InChI=1S/C10H14ClN3O4S2/c11-9-4-8(5-13-10(9)12)20(17,18)14-7-2-1-3-19(15,16)6-7/h4-5,7,14H,1-3,6H2,(H2,12,13). The Morgan fingerprint density at radius 2 is 2.15 bits per heavy atom. The van der Waals surface area contributed by atoms with Crippen LogP contribution in [0.25, 0.3) is 0 Å². The van der Waals surface area contributed by atoms with Crippen LogP contribution in [0.5, 0.6) is 0 Å². The van der Waals surface area contributed by atoms with Gasteiger partial charge in [-0.3, -0.25) is 0 Å². The smallest absolute Gasteiger partial charge is 0.242 e. The van der Waals surface area contributed by atoms with Gasteiger partial charge in [0.2, 0.25) is 10.0 Å². The van der Waals surface area contributed by atoms with E-state index in [1.807, 2.05) is 0 Å². The summed E-state index contributed by atoms with van der Waals surface area (Å²) in [5, 5.41) is 0.0316. The number of sulfonamides is 1. The number of hydrogen-bond donors (Lipinski definition) is 2. The van der Waals surface area contributed by atoms with E-state index in [2.05, 4.69) is 9.71 Å². The zero-order valence-electron chi connectivity index (χ0n) is 10.4. The highest BCUT2D eigenvalue weighted by atomic mass is 35.5. The third-order valence-electron chi connectivity index (χ3n) is 2.94. The van der Waals surface area contributed by atoms with Crippen molar-refractivity contribution in [3.63, 3.8) is 0 Å². The van der Waals surface area contributed by atoms with Crippen LogP contribution >= 0.6 is 11.6 Å². The predicted octanol–water partition coefficient (Wildman–Crippen LogP) is 0.173. The minimum Gasteiger partial charge on any atom is -0.382 e. The molecule has 10 heteroatoms. The third kappa shape index (κ3) is 3.60. The van der Waals surface area contributed by atoms with Crippen molar-refractivity contribution in [1.82, 2.24) is 9.71 Å². The summed E-state index contributed by atoms with van der Waals surface area (Å²) in [6.45, 7) is 0. The monoisotopic (exact) mass is 339 g/mol. The summed E-state index contributed by atoms with van der Waals surface area (Å²) >= 11 is 5.73. The van der Waals surface area contributed by atoms with Crippen LogP contribution in [0.2, 0.25) is 5.02 Å². The lowest BCUT2D eigenvalue weighted by Gasteiger charge is -2.22. The van der Waals surface area contributed by atoms with E-state index in [0.717, 1.165) is 6.20 Å². The average Bonchev–Trinajstić information content (AvgIpc) is 2.30. The van der Waals surface area contributed by atoms with Gasteiger partial charge in [-0.1, -0.05) is 11.6 Å². The van der Waals surface area contributed by atoms with Crippen molar-refractivity contribution >= 4 is 37.3 Å². The van der Waals surface area contributed by atoms with E-state index >= 15 is 0 Å². The van der Waals surface area contributed by atoms with Gasteiger partial charge in [0, 0.05) is 12.2 Å². The van der Waals surface area contributed by atoms with E-state index < -0.39 is 25.9 Å². The van der Waals surface area contributed by atoms with E-state index in [1.165, 1.54) is 6.07 Å². The molecule has 20 heavy (non-hydrogen) atoms. The van der Waals surface area contributed by atoms with Crippen molar-refractivity contribution in [3.05, 3.63) is 17.3 Å². The summed E-state index contributed by atoms with van der Waals surface area (Å²) < 4.78 is 49.6. The van der Waals surface area contributed by atoms with Crippen LogP contribution < -0.4 is 10.5 Å². The zero-order valence-corrected chi connectivity index (χ0v) is 12.8. The fourth-order valence-corrected chi connectivity index (χ4v) is 5.19. The molecule has 1 unspecified atom stereocenters. The molecule has 1 aliphatic heterocycles. The molecular formula is C10H14ClN3O4S2. The number of nitrogens with one attached hydrogen (secondary N) is 1. The molecule has 0 saturated carbocycles.